The van der Waals surface area contributed by atoms with Gasteiger partial charge in [-0.05, 0) is 24.6 Å². The van der Waals surface area contributed by atoms with Crippen LogP contribution in [0.5, 0.6) is 5.75 Å². The number of aryl methyl sites for hydroxylation is 1. The molecule has 0 aliphatic carbocycles. The van der Waals surface area contributed by atoms with E-state index in [9.17, 15) is 19.7 Å². The number of carbonyl (C=O) groups is 1. The highest BCUT2D eigenvalue weighted by Crippen LogP contribution is 2.11. The smallest absolute Gasteiger partial charge is 0.285 e. The number of benzene rings is 1. The van der Waals surface area contributed by atoms with Gasteiger partial charge >= 0.3 is 0 Å². The van der Waals surface area contributed by atoms with Crippen molar-refractivity contribution in [3.8, 4) is 5.75 Å². The Morgan fingerprint density at radius 1 is 1.33 bits per heavy atom. The van der Waals surface area contributed by atoms with E-state index in [2.05, 4.69) is 5.32 Å². The molecule has 0 spiro atoms. The SMILES string of the molecule is Cc1cccc(OCCNC(=O)Cn2cc([N+](=O)[O-])ccc2=O)c1. The summed E-state index contributed by atoms with van der Waals surface area (Å²) in [6.07, 6.45) is 1.05. The van der Waals surface area contributed by atoms with Crippen LogP contribution < -0.4 is 15.6 Å². The van der Waals surface area contributed by atoms with Crippen molar-refractivity contribution in [3.05, 3.63) is 68.6 Å². The van der Waals surface area contributed by atoms with Gasteiger partial charge in [-0.15, -0.1) is 0 Å². The molecule has 0 radical (unpaired) electrons. The van der Waals surface area contributed by atoms with Crippen molar-refractivity contribution in [2.75, 3.05) is 13.2 Å². The van der Waals surface area contributed by atoms with Crippen LogP contribution in [0.15, 0.2) is 47.4 Å². The summed E-state index contributed by atoms with van der Waals surface area (Å²) in [6.45, 7) is 2.20. The molecule has 126 valence electrons. The highest BCUT2D eigenvalue weighted by molar-refractivity contribution is 5.75. The predicted molar refractivity (Wildman–Crippen MR) is 87.0 cm³/mol. The first-order chi connectivity index (χ1) is 11.5. The molecular weight excluding hydrogens is 314 g/mol. The van der Waals surface area contributed by atoms with Crippen molar-refractivity contribution in [2.45, 2.75) is 13.5 Å². The lowest BCUT2D eigenvalue weighted by atomic mass is 10.2. The Hall–Kier alpha value is -3.16. The fraction of sp³-hybridized carbons (Fsp3) is 0.250. The first-order valence-corrected chi connectivity index (χ1v) is 7.27. The molecule has 0 unspecified atom stereocenters. The van der Waals surface area contributed by atoms with Gasteiger partial charge in [0.25, 0.3) is 11.2 Å². The molecule has 0 atom stereocenters. The molecule has 0 bridgehead atoms. The third-order valence-electron chi connectivity index (χ3n) is 3.18. The summed E-state index contributed by atoms with van der Waals surface area (Å²) in [5, 5.41) is 13.3. The molecule has 1 heterocycles. The second-order valence-electron chi connectivity index (χ2n) is 5.13. The molecule has 8 heteroatoms. The Bertz CT molecular complexity index is 800. The number of hydrogen-bond acceptors (Lipinski definition) is 5. The molecule has 1 amide bonds. The number of ether oxygens (including phenoxy) is 1. The highest BCUT2D eigenvalue weighted by atomic mass is 16.6. The maximum atomic E-state index is 11.8. The number of nitrogens with zero attached hydrogens (tertiary/aromatic N) is 2. The average molecular weight is 331 g/mol. The van der Waals surface area contributed by atoms with Gasteiger partial charge in [0, 0.05) is 12.1 Å². The maximum Gasteiger partial charge on any atom is 0.285 e. The molecule has 0 aliphatic heterocycles. The zero-order chi connectivity index (χ0) is 17.5. The van der Waals surface area contributed by atoms with E-state index in [1.54, 1.807) is 0 Å². The molecule has 0 saturated heterocycles. The van der Waals surface area contributed by atoms with Crippen molar-refractivity contribution in [3.63, 3.8) is 0 Å². The third-order valence-corrected chi connectivity index (χ3v) is 3.18. The normalized spacial score (nSPS) is 10.2. The van der Waals surface area contributed by atoms with Crippen LogP contribution in [0.25, 0.3) is 0 Å². The van der Waals surface area contributed by atoms with Crippen molar-refractivity contribution in [2.24, 2.45) is 0 Å². The summed E-state index contributed by atoms with van der Waals surface area (Å²) in [4.78, 5) is 33.5. The van der Waals surface area contributed by atoms with E-state index in [0.717, 1.165) is 28.5 Å². The van der Waals surface area contributed by atoms with Crippen molar-refractivity contribution in [1.82, 2.24) is 9.88 Å². The first-order valence-electron chi connectivity index (χ1n) is 7.27. The molecule has 0 saturated carbocycles. The van der Waals surface area contributed by atoms with Crippen LogP contribution in [0.4, 0.5) is 5.69 Å². The van der Waals surface area contributed by atoms with E-state index in [0.29, 0.717) is 5.75 Å². The number of rotatable bonds is 7. The summed E-state index contributed by atoms with van der Waals surface area (Å²) in [7, 11) is 0. The molecule has 2 rings (SSSR count). The van der Waals surface area contributed by atoms with Crippen LogP contribution in [0.1, 0.15) is 5.56 Å². The lowest BCUT2D eigenvalue weighted by molar-refractivity contribution is -0.385. The molecule has 0 aliphatic rings. The van der Waals surface area contributed by atoms with Crippen LogP contribution in [0.3, 0.4) is 0 Å². The van der Waals surface area contributed by atoms with Crippen LogP contribution in [-0.4, -0.2) is 28.5 Å². The molecule has 1 N–H and O–H groups in total. The topological polar surface area (TPSA) is 103 Å². The molecule has 0 fully saturated rings. The molecular formula is C16H17N3O5. The minimum atomic E-state index is -0.621. The Kier molecular flexibility index (Phi) is 5.67. The Morgan fingerprint density at radius 2 is 2.12 bits per heavy atom. The maximum absolute atomic E-state index is 11.8. The monoisotopic (exact) mass is 331 g/mol. The summed E-state index contributed by atoms with van der Waals surface area (Å²) >= 11 is 0. The molecule has 24 heavy (non-hydrogen) atoms. The van der Waals surface area contributed by atoms with Gasteiger partial charge in [-0.25, -0.2) is 0 Å². The number of aromatic nitrogens is 1. The number of nitrogens with one attached hydrogen (secondary N) is 1. The fourth-order valence-corrected chi connectivity index (χ4v) is 2.03. The molecule has 2 aromatic rings. The van der Waals surface area contributed by atoms with Gasteiger partial charge in [0.1, 0.15) is 18.9 Å². The number of pyridine rings is 1. The quantitative estimate of drug-likeness (QED) is 0.467. The van der Waals surface area contributed by atoms with Crippen LogP contribution >= 0.6 is 0 Å². The van der Waals surface area contributed by atoms with Gasteiger partial charge in [-0.3, -0.25) is 24.3 Å². The Balaban J connectivity index is 1.82. The summed E-state index contributed by atoms with van der Waals surface area (Å²) in [6, 6.07) is 9.68. The van der Waals surface area contributed by atoms with Crippen LogP contribution in [0, 0.1) is 17.0 Å². The zero-order valence-corrected chi connectivity index (χ0v) is 13.1. The van der Waals surface area contributed by atoms with Crippen LogP contribution in [0.2, 0.25) is 0 Å². The van der Waals surface area contributed by atoms with Crippen molar-refractivity contribution < 1.29 is 14.5 Å². The van der Waals surface area contributed by atoms with E-state index in [-0.39, 0.29) is 25.4 Å². The zero-order valence-electron chi connectivity index (χ0n) is 13.1. The summed E-state index contributed by atoms with van der Waals surface area (Å²) in [5.74, 6) is 0.282. The Labute approximate surface area is 137 Å². The lowest BCUT2D eigenvalue weighted by Gasteiger charge is -2.09. The van der Waals surface area contributed by atoms with E-state index < -0.39 is 16.4 Å². The van der Waals surface area contributed by atoms with Gasteiger partial charge in [0.2, 0.25) is 5.91 Å². The third kappa shape index (κ3) is 4.94. The second-order valence-corrected chi connectivity index (χ2v) is 5.13. The number of amides is 1. The second kappa shape index (κ2) is 7.91. The standard InChI is InChI=1S/C16H17N3O5/c1-12-3-2-4-14(9-12)24-8-7-17-15(20)11-18-10-13(19(22)23)5-6-16(18)21/h2-6,9-10H,7-8,11H2,1H3,(H,17,20). The van der Waals surface area contributed by atoms with E-state index in [1.165, 1.54) is 0 Å². The van der Waals surface area contributed by atoms with Gasteiger partial charge < -0.3 is 10.1 Å². The summed E-state index contributed by atoms with van der Waals surface area (Å²) in [5.41, 5.74) is 0.346. The lowest BCUT2D eigenvalue weighted by Crippen LogP contribution is -2.34. The molecule has 1 aromatic carbocycles. The average Bonchev–Trinajstić information content (AvgIpc) is 2.53. The highest BCUT2D eigenvalue weighted by Gasteiger charge is 2.10. The Morgan fingerprint density at radius 3 is 2.83 bits per heavy atom. The largest absolute Gasteiger partial charge is 0.492 e. The van der Waals surface area contributed by atoms with Gasteiger partial charge in [0.15, 0.2) is 0 Å². The predicted octanol–water partition coefficient (Wildman–Crippen LogP) is 1.26. The van der Waals surface area contributed by atoms with Gasteiger partial charge in [-0.1, -0.05) is 12.1 Å². The first kappa shape index (κ1) is 17.2. The van der Waals surface area contributed by atoms with E-state index >= 15 is 0 Å². The number of hydrogen-bond donors (Lipinski definition) is 1. The van der Waals surface area contributed by atoms with Gasteiger partial charge in [0.05, 0.1) is 17.7 Å². The minimum Gasteiger partial charge on any atom is -0.492 e. The fourth-order valence-electron chi connectivity index (χ4n) is 2.03. The minimum absolute atomic E-state index is 0.245. The summed E-state index contributed by atoms with van der Waals surface area (Å²) < 4.78 is 6.48. The number of carbonyl (C=O) groups excluding carboxylic acids is 1. The van der Waals surface area contributed by atoms with Gasteiger partial charge in [-0.2, -0.15) is 0 Å². The number of nitro groups is 1. The molecule has 1 aromatic heterocycles. The van der Waals surface area contributed by atoms with E-state index in [1.807, 2.05) is 31.2 Å². The van der Waals surface area contributed by atoms with Crippen molar-refractivity contribution in [1.29, 1.82) is 0 Å². The van der Waals surface area contributed by atoms with Crippen LogP contribution in [-0.2, 0) is 11.3 Å². The van der Waals surface area contributed by atoms with Crippen molar-refractivity contribution >= 4 is 11.6 Å². The van der Waals surface area contributed by atoms with E-state index in [4.69, 9.17) is 4.74 Å². The molecule has 8 nitrogen and oxygen atoms in total.